The van der Waals surface area contributed by atoms with Crippen molar-refractivity contribution in [2.45, 2.75) is 20.8 Å². The molecule has 1 fully saturated rings. The van der Waals surface area contributed by atoms with Gasteiger partial charge in [0.2, 0.25) is 0 Å². The highest BCUT2D eigenvalue weighted by Crippen LogP contribution is 1.98. The van der Waals surface area contributed by atoms with Crippen molar-refractivity contribution >= 4 is 6.03 Å². The summed E-state index contributed by atoms with van der Waals surface area (Å²) in [6, 6.07) is 0.0746. The predicted octanol–water partition coefficient (Wildman–Crippen LogP) is 0.989. The molecule has 0 radical (unpaired) electrons. The van der Waals surface area contributed by atoms with Gasteiger partial charge < -0.3 is 15.1 Å². The van der Waals surface area contributed by atoms with Gasteiger partial charge in [-0.3, -0.25) is 0 Å². The molecule has 4 heteroatoms. The van der Waals surface area contributed by atoms with Gasteiger partial charge in [0.15, 0.2) is 0 Å². The fraction of sp³-hybridized carbons (Fsp3) is 0.900. The van der Waals surface area contributed by atoms with E-state index in [1.165, 1.54) is 0 Å². The summed E-state index contributed by atoms with van der Waals surface area (Å²) in [6.45, 7) is 10.3. The lowest BCUT2D eigenvalue weighted by atomic mass is 10.3. The SMILES string of the molecule is CC.CCNC(=O)N1CCN(C)CC1. The minimum absolute atomic E-state index is 0.0746. The maximum atomic E-state index is 11.3. The number of piperazine rings is 1. The average Bonchev–Trinajstić information content (AvgIpc) is 2.22. The van der Waals surface area contributed by atoms with E-state index in [-0.39, 0.29) is 6.03 Å². The maximum absolute atomic E-state index is 11.3. The Morgan fingerprint density at radius 2 is 1.71 bits per heavy atom. The second kappa shape index (κ2) is 7.62. The molecule has 1 saturated heterocycles. The second-order valence-corrected chi connectivity index (χ2v) is 3.13. The Hall–Kier alpha value is -0.770. The molecule has 1 aliphatic heterocycles. The summed E-state index contributed by atoms with van der Waals surface area (Å²) in [5.74, 6) is 0. The molecule has 1 aliphatic rings. The Bertz CT molecular complexity index is 153. The van der Waals surface area contributed by atoms with Crippen molar-refractivity contribution in [2.24, 2.45) is 0 Å². The lowest BCUT2D eigenvalue weighted by molar-refractivity contribution is 0.155. The van der Waals surface area contributed by atoms with Crippen LogP contribution in [-0.2, 0) is 0 Å². The summed E-state index contributed by atoms with van der Waals surface area (Å²) in [6.07, 6.45) is 0. The molecule has 4 nitrogen and oxygen atoms in total. The lowest BCUT2D eigenvalue weighted by Crippen LogP contribution is -2.50. The highest BCUT2D eigenvalue weighted by molar-refractivity contribution is 5.74. The molecule has 0 aromatic rings. The van der Waals surface area contributed by atoms with Gasteiger partial charge in [-0.1, -0.05) is 13.8 Å². The van der Waals surface area contributed by atoms with Crippen LogP contribution in [0.2, 0.25) is 0 Å². The Kier molecular flexibility index (Phi) is 7.20. The first-order chi connectivity index (χ1) is 6.74. The number of likely N-dealkylation sites (N-methyl/N-ethyl adjacent to an activating group) is 1. The summed E-state index contributed by atoms with van der Waals surface area (Å²) in [5, 5.41) is 2.80. The first-order valence-corrected chi connectivity index (χ1v) is 5.45. The van der Waals surface area contributed by atoms with Crippen molar-refractivity contribution in [2.75, 3.05) is 39.8 Å². The number of hydrogen-bond donors (Lipinski definition) is 1. The van der Waals surface area contributed by atoms with Crippen LogP contribution in [-0.4, -0.2) is 55.6 Å². The Labute approximate surface area is 87.3 Å². The number of carbonyl (C=O) groups is 1. The zero-order valence-corrected chi connectivity index (χ0v) is 9.84. The number of amides is 2. The maximum Gasteiger partial charge on any atom is 0.317 e. The third kappa shape index (κ3) is 4.46. The molecule has 0 aromatic carbocycles. The van der Waals surface area contributed by atoms with Gasteiger partial charge in [-0.15, -0.1) is 0 Å². The van der Waals surface area contributed by atoms with Gasteiger partial charge in [0.1, 0.15) is 0 Å². The van der Waals surface area contributed by atoms with Crippen molar-refractivity contribution in [3.05, 3.63) is 0 Å². The van der Waals surface area contributed by atoms with Gasteiger partial charge in [0.25, 0.3) is 0 Å². The summed E-state index contributed by atoms with van der Waals surface area (Å²) in [4.78, 5) is 15.4. The molecule has 1 rings (SSSR count). The zero-order valence-electron chi connectivity index (χ0n) is 9.84. The molecule has 0 aromatic heterocycles. The summed E-state index contributed by atoms with van der Waals surface area (Å²) in [7, 11) is 2.08. The molecular weight excluding hydrogens is 178 g/mol. The first-order valence-electron chi connectivity index (χ1n) is 5.45. The molecule has 1 N–H and O–H groups in total. The minimum atomic E-state index is 0.0746. The van der Waals surface area contributed by atoms with Crippen LogP contribution in [0.15, 0.2) is 0 Å². The average molecular weight is 201 g/mol. The summed E-state index contributed by atoms with van der Waals surface area (Å²) < 4.78 is 0. The second-order valence-electron chi connectivity index (χ2n) is 3.13. The number of nitrogens with zero attached hydrogens (tertiary/aromatic N) is 2. The zero-order chi connectivity index (χ0) is 11.0. The number of hydrogen-bond acceptors (Lipinski definition) is 2. The van der Waals surface area contributed by atoms with Gasteiger partial charge in [0, 0.05) is 32.7 Å². The van der Waals surface area contributed by atoms with Crippen LogP contribution in [0.1, 0.15) is 20.8 Å². The normalized spacial score (nSPS) is 17.0. The van der Waals surface area contributed by atoms with Crippen molar-refractivity contribution in [1.29, 1.82) is 0 Å². The standard InChI is InChI=1S/C8H17N3O.C2H6/c1-3-9-8(12)11-6-4-10(2)5-7-11;1-2/h3-7H2,1-2H3,(H,9,12);1-2H3. The molecule has 0 spiro atoms. The molecule has 0 unspecified atom stereocenters. The summed E-state index contributed by atoms with van der Waals surface area (Å²) in [5.41, 5.74) is 0. The van der Waals surface area contributed by atoms with E-state index in [1.54, 1.807) is 0 Å². The molecule has 0 atom stereocenters. The number of nitrogens with one attached hydrogen (secondary N) is 1. The molecule has 0 aliphatic carbocycles. The monoisotopic (exact) mass is 201 g/mol. The van der Waals surface area contributed by atoms with Gasteiger partial charge in [-0.25, -0.2) is 4.79 Å². The van der Waals surface area contributed by atoms with Crippen LogP contribution in [0.5, 0.6) is 0 Å². The van der Waals surface area contributed by atoms with Gasteiger partial charge in [-0.05, 0) is 14.0 Å². The van der Waals surface area contributed by atoms with Gasteiger partial charge in [0.05, 0.1) is 0 Å². The number of carbonyl (C=O) groups excluding carboxylic acids is 1. The van der Waals surface area contributed by atoms with Crippen LogP contribution in [0, 0.1) is 0 Å². The van der Waals surface area contributed by atoms with Crippen molar-refractivity contribution in [3.63, 3.8) is 0 Å². The van der Waals surface area contributed by atoms with E-state index in [0.717, 1.165) is 26.2 Å². The Morgan fingerprint density at radius 1 is 1.21 bits per heavy atom. The Morgan fingerprint density at radius 3 is 2.14 bits per heavy atom. The quantitative estimate of drug-likeness (QED) is 0.686. The van der Waals surface area contributed by atoms with Gasteiger partial charge >= 0.3 is 6.03 Å². The number of rotatable bonds is 1. The molecule has 0 saturated carbocycles. The highest BCUT2D eigenvalue weighted by atomic mass is 16.2. The Balaban J connectivity index is 0.000000791. The van der Waals surface area contributed by atoms with Crippen LogP contribution in [0.25, 0.3) is 0 Å². The van der Waals surface area contributed by atoms with Crippen molar-refractivity contribution in [1.82, 2.24) is 15.1 Å². The van der Waals surface area contributed by atoms with E-state index in [0.29, 0.717) is 6.54 Å². The summed E-state index contributed by atoms with van der Waals surface area (Å²) >= 11 is 0. The van der Waals surface area contributed by atoms with Crippen LogP contribution < -0.4 is 5.32 Å². The highest BCUT2D eigenvalue weighted by Gasteiger charge is 2.17. The van der Waals surface area contributed by atoms with Crippen molar-refractivity contribution < 1.29 is 4.79 Å². The molecule has 2 amide bonds. The molecule has 14 heavy (non-hydrogen) atoms. The molecular formula is C10H23N3O. The third-order valence-corrected chi connectivity index (χ3v) is 2.12. The minimum Gasteiger partial charge on any atom is -0.338 e. The third-order valence-electron chi connectivity index (χ3n) is 2.12. The molecule has 1 heterocycles. The van der Waals surface area contributed by atoms with Crippen LogP contribution in [0.4, 0.5) is 4.79 Å². The van der Waals surface area contributed by atoms with E-state index >= 15 is 0 Å². The van der Waals surface area contributed by atoms with Crippen LogP contribution >= 0.6 is 0 Å². The van der Waals surface area contributed by atoms with E-state index < -0.39 is 0 Å². The van der Waals surface area contributed by atoms with E-state index in [4.69, 9.17) is 0 Å². The first kappa shape index (κ1) is 13.2. The van der Waals surface area contributed by atoms with Gasteiger partial charge in [-0.2, -0.15) is 0 Å². The smallest absolute Gasteiger partial charge is 0.317 e. The fourth-order valence-corrected chi connectivity index (χ4v) is 1.27. The molecule has 84 valence electrons. The predicted molar refractivity (Wildman–Crippen MR) is 59.5 cm³/mol. The van der Waals surface area contributed by atoms with E-state index in [9.17, 15) is 4.79 Å². The number of urea groups is 1. The fourth-order valence-electron chi connectivity index (χ4n) is 1.27. The largest absolute Gasteiger partial charge is 0.338 e. The molecule has 0 bridgehead atoms. The van der Waals surface area contributed by atoms with E-state index in [2.05, 4.69) is 17.3 Å². The topological polar surface area (TPSA) is 35.6 Å². The van der Waals surface area contributed by atoms with Crippen molar-refractivity contribution in [3.8, 4) is 0 Å². The lowest BCUT2D eigenvalue weighted by Gasteiger charge is -2.32. The van der Waals surface area contributed by atoms with E-state index in [1.807, 2.05) is 25.7 Å². The van der Waals surface area contributed by atoms with Crippen LogP contribution in [0.3, 0.4) is 0 Å².